The predicted molar refractivity (Wildman–Crippen MR) is 39.6 cm³/mol. The average molecular weight is 203 g/mol. The molecule has 0 spiro atoms. The van der Waals surface area contributed by atoms with Crippen molar-refractivity contribution >= 4 is 40.6 Å². The lowest BCUT2D eigenvalue weighted by Crippen LogP contribution is -2.17. The number of rotatable bonds is 1. The number of halogens is 3. The topological polar surface area (TPSA) is 29.6 Å². The van der Waals surface area contributed by atoms with Gasteiger partial charge in [-0.25, -0.2) is 0 Å². The molecular formula is C5H5Cl3O2. The molecule has 2 unspecified atom stereocenters. The molecule has 0 amide bonds. The van der Waals surface area contributed by atoms with Gasteiger partial charge in [0, 0.05) is 0 Å². The molecule has 0 aromatic rings. The minimum absolute atomic E-state index is 0.101. The van der Waals surface area contributed by atoms with E-state index in [4.69, 9.17) is 39.5 Å². The molecule has 0 saturated carbocycles. The maximum atomic E-state index is 10.6. The molecule has 1 saturated heterocycles. The van der Waals surface area contributed by atoms with Gasteiger partial charge in [-0.15, -0.1) is 0 Å². The molecule has 2 atom stereocenters. The molecule has 5 heteroatoms. The molecule has 1 aliphatic rings. The number of carbonyl (C=O) groups is 1. The van der Waals surface area contributed by atoms with Gasteiger partial charge in [0.05, 0.1) is 0 Å². The minimum Gasteiger partial charge on any atom is -0.357 e. The predicted octanol–water partition coefficient (Wildman–Crippen LogP) is 1.71. The van der Waals surface area contributed by atoms with Gasteiger partial charge in [-0.05, 0) is 6.92 Å². The average Bonchev–Trinajstić information content (AvgIpc) is 2.35. The van der Waals surface area contributed by atoms with Gasteiger partial charge in [0.2, 0.25) is 3.79 Å². The second-order valence-electron chi connectivity index (χ2n) is 2.13. The third-order valence-electron chi connectivity index (χ3n) is 1.21. The molecule has 58 valence electrons. The Labute approximate surface area is 73.4 Å². The normalized spacial score (nSPS) is 32.0. The van der Waals surface area contributed by atoms with Crippen LogP contribution in [-0.2, 0) is 9.53 Å². The lowest BCUT2D eigenvalue weighted by atomic mass is 10.2. The van der Waals surface area contributed by atoms with Crippen LogP contribution in [-0.4, -0.2) is 21.8 Å². The van der Waals surface area contributed by atoms with E-state index < -0.39 is 16.0 Å². The highest BCUT2D eigenvalue weighted by Gasteiger charge is 2.55. The van der Waals surface area contributed by atoms with E-state index >= 15 is 0 Å². The third-order valence-corrected chi connectivity index (χ3v) is 1.86. The van der Waals surface area contributed by atoms with Crippen molar-refractivity contribution in [2.45, 2.75) is 22.9 Å². The number of ketones is 1. The quantitative estimate of drug-likeness (QED) is 0.480. The van der Waals surface area contributed by atoms with Crippen molar-refractivity contribution in [2.75, 3.05) is 0 Å². The van der Waals surface area contributed by atoms with Crippen molar-refractivity contribution in [3.8, 4) is 0 Å². The number of hydrogen-bond acceptors (Lipinski definition) is 2. The molecule has 1 aliphatic heterocycles. The summed E-state index contributed by atoms with van der Waals surface area (Å²) >= 11 is 16.3. The number of epoxide rings is 1. The zero-order chi connectivity index (χ0) is 7.94. The Bertz CT molecular complexity index is 163. The highest BCUT2D eigenvalue weighted by Crippen LogP contribution is 2.43. The summed E-state index contributed by atoms with van der Waals surface area (Å²) in [5, 5.41) is 0. The molecule has 1 heterocycles. The summed E-state index contributed by atoms with van der Waals surface area (Å²) in [5.41, 5.74) is 0. The van der Waals surface area contributed by atoms with E-state index in [1.54, 1.807) is 0 Å². The Kier molecular flexibility index (Phi) is 2.17. The van der Waals surface area contributed by atoms with E-state index in [-0.39, 0.29) is 5.78 Å². The van der Waals surface area contributed by atoms with Gasteiger partial charge in [-0.3, -0.25) is 4.79 Å². The van der Waals surface area contributed by atoms with E-state index in [2.05, 4.69) is 0 Å². The summed E-state index contributed by atoms with van der Waals surface area (Å²) in [6.07, 6.45) is -1.05. The van der Waals surface area contributed by atoms with Crippen LogP contribution in [0.1, 0.15) is 6.92 Å². The monoisotopic (exact) mass is 202 g/mol. The van der Waals surface area contributed by atoms with Crippen LogP contribution >= 0.6 is 34.8 Å². The summed E-state index contributed by atoms with van der Waals surface area (Å²) in [7, 11) is 0. The molecule has 0 radical (unpaired) electrons. The van der Waals surface area contributed by atoms with Gasteiger partial charge < -0.3 is 4.74 Å². The summed E-state index contributed by atoms with van der Waals surface area (Å²) < 4.78 is 3.34. The smallest absolute Gasteiger partial charge is 0.219 e. The first-order valence-corrected chi connectivity index (χ1v) is 3.79. The van der Waals surface area contributed by atoms with E-state index in [0.717, 1.165) is 0 Å². The van der Waals surface area contributed by atoms with Crippen molar-refractivity contribution in [1.29, 1.82) is 0 Å². The maximum Gasteiger partial charge on any atom is 0.219 e. The molecule has 10 heavy (non-hydrogen) atoms. The zero-order valence-electron chi connectivity index (χ0n) is 5.11. The molecule has 0 N–H and O–H groups in total. The Hall–Kier alpha value is 0.500. The van der Waals surface area contributed by atoms with Gasteiger partial charge in [-0.2, -0.15) is 0 Å². The van der Waals surface area contributed by atoms with Crippen molar-refractivity contribution in [1.82, 2.24) is 0 Å². The lowest BCUT2D eigenvalue weighted by molar-refractivity contribution is -0.118. The van der Waals surface area contributed by atoms with Crippen LogP contribution in [0.3, 0.4) is 0 Å². The van der Waals surface area contributed by atoms with Crippen LogP contribution in [0.2, 0.25) is 0 Å². The van der Waals surface area contributed by atoms with Crippen LogP contribution in [0, 0.1) is 0 Å². The molecule has 0 bridgehead atoms. The Morgan fingerprint density at radius 3 is 2.10 bits per heavy atom. The fourth-order valence-electron chi connectivity index (χ4n) is 0.670. The van der Waals surface area contributed by atoms with Crippen molar-refractivity contribution in [3.63, 3.8) is 0 Å². The molecule has 0 aromatic carbocycles. The summed E-state index contributed by atoms with van der Waals surface area (Å²) in [4.78, 5) is 10.6. The number of Topliss-reactive ketones (excluding diaryl/α,β-unsaturated/α-hetero) is 1. The number of carbonyl (C=O) groups excluding carboxylic acids is 1. The van der Waals surface area contributed by atoms with E-state index in [1.165, 1.54) is 6.92 Å². The van der Waals surface area contributed by atoms with Crippen LogP contribution in [0.25, 0.3) is 0 Å². The Morgan fingerprint density at radius 1 is 1.50 bits per heavy atom. The fraction of sp³-hybridized carbons (Fsp3) is 0.800. The van der Waals surface area contributed by atoms with Crippen LogP contribution in [0.5, 0.6) is 0 Å². The fourth-order valence-corrected chi connectivity index (χ4v) is 1.17. The first-order valence-electron chi connectivity index (χ1n) is 2.65. The van der Waals surface area contributed by atoms with Gasteiger partial charge in [0.25, 0.3) is 0 Å². The standard InChI is InChI=1S/C5H5Cl3O2/c1-2(9)3-4(10-3)5(6,7)8/h3-4H,1H3. The Morgan fingerprint density at radius 2 is 2.00 bits per heavy atom. The summed E-state index contributed by atoms with van der Waals surface area (Å²) in [6.45, 7) is 1.40. The molecule has 0 aliphatic carbocycles. The van der Waals surface area contributed by atoms with Gasteiger partial charge in [0.1, 0.15) is 12.2 Å². The summed E-state index contributed by atoms with van der Waals surface area (Å²) in [6, 6.07) is 0. The Balaban J connectivity index is 2.46. The van der Waals surface area contributed by atoms with E-state index in [9.17, 15) is 4.79 Å². The van der Waals surface area contributed by atoms with E-state index in [0.29, 0.717) is 0 Å². The van der Waals surface area contributed by atoms with Crippen LogP contribution in [0.4, 0.5) is 0 Å². The van der Waals surface area contributed by atoms with Crippen molar-refractivity contribution in [3.05, 3.63) is 0 Å². The van der Waals surface area contributed by atoms with Gasteiger partial charge in [-0.1, -0.05) is 34.8 Å². The summed E-state index contributed by atoms with van der Waals surface area (Å²) in [5.74, 6) is -0.101. The molecule has 1 rings (SSSR count). The number of ether oxygens (including phenoxy) is 1. The number of alkyl halides is 3. The van der Waals surface area contributed by atoms with Crippen LogP contribution < -0.4 is 0 Å². The second kappa shape index (κ2) is 2.52. The lowest BCUT2D eigenvalue weighted by Gasteiger charge is -2.03. The minimum atomic E-state index is -1.46. The zero-order valence-corrected chi connectivity index (χ0v) is 7.37. The van der Waals surface area contributed by atoms with Crippen molar-refractivity contribution < 1.29 is 9.53 Å². The van der Waals surface area contributed by atoms with Crippen molar-refractivity contribution in [2.24, 2.45) is 0 Å². The van der Waals surface area contributed by atoms with Gasteiger partial charge in [0.15, 0.2) is 5.78 Å². The van der Waals surface area contributed by atoms with E-state index in [1.807, 2.05) is 0 Å². The van der Waals surface area contributed by atoms with Gasteiger partial charge >= 0.3 is 0 Å². The second-order valence-corrected chi connectivity index (χ2v) is 4.50. The molecule has 1 fully saturated rings. The number of hydrogen-bond donors (Lipinski definition) is 0. The van der Waals surface area contributed by atoms with Crippen LogP contribution in [0.15, 0.2) is 0 Å². The SMILES string of the molecule is CC(=O)C1OC1C(Cl)(Cl)Cl. The third kappa shape index (κ3) is 1.76. The molecule has 2 nitrogen and oxygen atoms in total. The first-order chi connectivity index (χ1) is 4.43. The highest BCUT2D eigenvalue weighted by atomic mass is 35.6. The first kappa shape index (κ1) is 8.60. The molecular weight excluding hydrogens is 198 g/mol. The maximum absolute atomic E-state index is 10.6. The molecule has 0 aromatic heterocycles. The highest BCUT2D eigenvalue weighted by molar-refractivity contribution is 6.68. The largest absolute Gasteiger partial charge is 0.357 e.